The zero-order valence-corrected chi connectivity index (χ0v) is 27.9. The van der Waals surface area contributed by atoms with Crippen LogP contribution in [-0.4, -0.2) is 15.0 Å². The standard InChI is InChI=1S/C47H33N3O/c1-2-13-33(14-3-1)45-48-46(34-24-21-31(22-25-34)36-26-23-30-11-4-5-15-35(30)29-36)50-47(49-45)44-39(38-19-10-16-32-12-6-7-17-37(32)38)27-28-42-43(44)40-18-8-9-20-41(40)51-42/h1-13,15-30,33,35H,14H2. The molecule has 0 N–H and O–H groups in total. The summed E-state index contributed by atoms with van der Waals surface area (Å²) in [5, 5.41) is 4.41. The molecule has 5 aromatic carbocycles. The Hall–Kier alpha value is -6.39. The van der Waals surface area contributed by atoms with Crippen LogP contribution < -0.4 is 0 Å². The van der Waals surface area contributed by atoms with E-state index in [4.69, 9.17) is 19.4 Å². The van der Waals surface area contributed by atoms with Crippen LogP contribution in [0.3, 0.4) is 0 Å². The van der Waals surface area contributed by atoms with E-state index >= 15 is 0 Å². The van der Waals surface area contributed by atoms with Crippen molar-refractivity contribution in [1.82, 2.24) is 15.0 Å². The number of allylic oxidation sites excluding steroid dienone is 12. The number of furan rings is 1. The molecular formula is C47H33N3O. The first kappa shape index (κ1) is 29.5. The topological polar surface area (TPSA) is 51.8 Å². The second kappa shape index (κ2) is 12.2. The van der Waals surface area contributed by atoms with E-state index < -0.39 is 0 Å². The maximum absolute atomic E-state index is 6.45. The van der Waals surface area contributed by atoms with Crippen molar-refractivity contribution in [3.63, 3.8) is 0 Å². The van der Waals surface area contributed by atoms with Gasteiger partial charge in [0.2, 0.25) is 0 Å². The van der Waals surface area contributed by atoms with E-state index in [9.17, 15) is 0 Å². The highest BCUT2D eigenvalue weighted by Crippen LogP contribution is 2.44. The zero-order chi connectivity index (χ0) is 33.7. The summed E-state index contributed by atoms with van der Waals surface area (Å²) in [7, 11) is 0. The van der Waals surface area contributed by atoms with E-state index in [0.717, 1.165) is 56.4 Å². The fraction of sp³-hybridized carbons (Fsp3) is 0.0851. The molecule has 51 heavy (non-hydrogen) atoms. The highest BCUT2D eigenvalue weighted by Gasteiger charge is 2.24. The maximum Gasteiger partial charge on any atom is 0.165 e. The molecule has 7 aromatic rings. The van der Waals surface area contributed by atoms with Crippen LogP contribution in [0.25, 0.3) is 72.2 Å². The van der Waals surface area contributed by atoms with Gasteiger partial charge in [0, 0.05) is 39.7 Å². The fourth-order valence-electron chi connectivity index (χ4n) is 7.79. The Labute approximate surface area is 296 Å². The van der Waals surface area contributed by atoms with E-state index in [1.165, 1.54) is 21.9 Å². The van der Waals surface area contributed by atoms with E-state index in [0.29, 0.717) is 23.5 Å². The summed E-state index contributed by atoms with van der Waals surface area (Å²) in [5.74, 6) is 2.92. The quantitative estimate of drug-likeness (QED) is 0.185. The fourth-order valence-corrected chi connectivity index (χ4v) is 7.79. The number of hydrogen-bond donors (Lipinski definition) is 0. The van der Waals surface area contributed by atoms with Crippen molar-refractivity contribution in [1.29, 1.82) is 0 Å². The highest BCUT2D eigenvalue weighted by molar-refractivity contribution is 6.16. The Bertz CT molecular complexity index is 2680. The molecule has 3 aliphatic carbocycles. The molecule has 4 nitrogen and oxygen atoms in total. The molecule has 0 bridgehead atoms. The average Bonchev–Trinajstić information content (AvgIpc) is 3.59. The first-order valence-electron chi connectivity index (χ1n) is 17.6. The van der Waals surface area contributed by atoms with Gasteiger partial charge in [-0.05, 0) is 57.7 Å². The molecule has 0 aliphatic heterocycles. The molecule has 2 aromatic heterocycles. The van der Waals surface area contributed by atoms with Gasteiger partial charge in [0.05, 0.1) is 0 Å². The Morgan fingerprint density at radius 3 is 2.20 bits per heavy atom. The molecule has 3 unspecified atom stereocenters. The van der Waals surface area contributed by atoms with E-state index in [1.807, 2.05) is 12.1 Å². The number of rotatable bonds is 5. The average molecular weight is 656 g/mol. The minimum absolute atomic E-state index is 0.0409. The third kappa shape index (κ3) is 5.19. The normalized spacial score (nSPS) is 19.2. The number of para-hydroxylation sites is 1. The van der Waals surface area contributed by atoms with Crippen molar-refractivity contribution in [2.45, 2.75) is 12.3 Å². The minimum Gasteiger partial charge on any atom is -0.456 e. The van der Waals surface area contributed by atoms with Crippen LogP contribution in [0.15, 0.2) is 174 Å². The van der Waals surface area contributed by atoms with Gasteiger partial charge in [-0.3, -0.25) is 0 Å². The molecule has 0 spiro atoms. The SMILES string of the molecule is C1=CCC(c2nc(-c3ccc(C4=CC5C=CC=CC5C=C4)cc3)nc(-c3c(-c4cccc5ccccc45)ccc4oc5ccccc5c34)n2)C=C1. The summed E-state index contributed by atoms with van der Waals surface area (Å²) >= 11 is 0. The maximum atomic E-state index is 6.45. The van der Waals surface area contributed by atoms with Crippen molar-refractivity contribution in [3.8, 4) is 33.9 Å². The second-order valence-corrected chi connectivity index (χ2v) is 13.5. The summed E-state index contributed by atoms with van der Waals surface area (Å²) in [6.07, 6.45) is 25.1. The van der Waals surface area contributed by atoms with Gasteiger partial charge in [0.15, 0.2) is 11.6 Å². The Morgan fingerprint density at radius 1 is 0.549 bits per heavy atom. The van der Waals surface area contributed by atoms with Crippen LogP contribution in [0, 0.1) is 11.8 Å². The summed E-state index contributed by atoms with van der Waals surface area (Å²) in [5.41, 5.74) is 8.15. The van der Waals surface area contributed by atoms with Crippen molar-refractivity contribution >= 4 is 38.3 Å². The zero-order valence-electron chi connectivity index (χ0n) is 27.9. The Balaban J connectivity index is 1.18. The number of hydrogen-bond acceptors (Lipinski definition) is 4. The predicted molar refractivity (Wildman–Crippen MR) is 209 cm³/mol. The van der Waals surface area contributed by atoms with E-state index in [-0.39, 0.29) is 5.92 Å². The third-order valence-electron chi connectivity index (χ3n) is 10.4. The number of aromatic nitrogens is 3. The molecule has 242 valence electrons. The summed E-state index contributed by atoms with van der Waals surface area (Å²) in [6.45, 7) is 0. The lowest BCUT2D eigenvalue weighted by Gasteiger charge is -2.23. The van der Waals surface area contributed by atoms with Gasteiger partial charge in [0.25, 0.3) is 0 Å². The van der Waals surface area contributed by atoms with Crippen LogP contribution >= 0.6 is 0 Å². The van der Waals surface area contributed by atoms with Gasteiger partial charge < -0.3 is 4.42 Å². The second-order valence-electron chi connectivity index (χ2n) is 13.5. The van der Waals surface area contributed by atoms with Crippen molar-refractivity contribution in [2.75, 3.05) is 0 Å². The molecular weight excluding hydrogens is 623 g/mol. The largest absolute Gasteiger partial charge is 0.456 e. The highest BCUT2D eigenvalue weighted by atomic mass is 16.3. The van der Waals surface area contributed by atoms with Crippen LogP contribution in [0.2, 0.25) is 0 Å². The lowest BCUT2D eigenvalue weighted by Crippen LogP contribution is -2.11. The van der Waals surface area contributed by atoms with E-state index in [1.54, 1.807) is 0 Å². The van der Waals surface area contributed by atoms with Crippen molar-refractivity contribution < 1.29 is 4.42 Å². The monoisotopic (exact) mass is 655 g/mol. The van der Waals surface area contributed by atoms with E-state index in [2.05, 4.69) is 158 Å². The molecule has 10 rings (SSSR count). The third-order valence-corrected chi connectivity index (χ3v) is 10.4. The van der Waals surface area contributed by atoms with Crippen LogP contribution in [-0.2, 0) is 0 Å². The summed E-state index contributed by atoms with van der Waals surface area (Å²) in [6, 6.07) is 36.2. The van der Waals surface area contributed by atoms with Gasteiger partial charge >= 0.3 is 0 Å². The first-order chi connectivity index (χ1) is 25.3. The van der Waals surface area contributed by atoms with Gasteiger partial charge in [-0.15, -0.1) is 0 Å². The van der Waals surface area contributed by atoms with Gasteiger partial charge in [-0.2, -0.15) is 0 Å². The first-order valence-corrected chi connectivity index (χ1v) is 17.6. The molecule has 2 heterocycles. The minimum atomic E-state index is 0.0409. The lowest BCUT2D eigenvalue weighted by atomic mass is 9.81. The molecule has 0 radical (unpaired) electrons. The molecule has 0 saturated carbocycles. The smallest absolute Gasteiger partial charge is 0.165 e. The van der Waals surface area contributed by atoms with Crippen LogP contribution in [0.1, 0.15) is 23.7 Å². The van der Waals surface area contributed by atoms with Crippen LogP contribution in [0.4, 0.5) is 0 Å². The number of fused-ring (bicyclic) bond motifs is 5. The molecule has 4 heteroatoms. The van der Waals surface area contributed by atoms with Gasteiger partial charge in [-0.1, -0.05) is 152 Å². The lowest BCUT2D eigenvalue weighted by molar-refractivity contribution is 0.663. The number of benzene rings is 5. The molecule has 3 aliphatic rings. The Morgan fingerprint density at radius 2 is 1.31 bits per heavy atom. The molecule has 3 atom stereocenters. The molecule has 0 amide bonds. The Kier molecular flexibility index (Phi) is 7.05. The molecule has 0 fully saturated rings. The predicted octanol–water partition coefficient (Wildman–Crippen LogP) is 11.8. The summed E-state index contributed by atoms with van der Waals surface area (Å²) < 4.78 is 6.45. The van der Waals surface area contributed by atoms with Crippen LogP contribution in [0.5, 0.6) is 0 Å². The number of nitrogens with zero attached hydrogens (tertiary/aromatic N) is 3. The molecule has 0 saturated heterocycles. The van der Waals surface area contributed by atoms with Gasteiger partial charge in [-0.25, -0.2) is 15.0 Å². The van der Waals surface area contributed by atoms with Crippen molar-refractivity contribution in [2.24, 2.45) is 11.8 Å². The summed E-state index contributed by atoms with van der Waals surface area (Å²) in [4.78, 5) is 15.8. The van der Waals surface area contributed by atoms with Crippen molar-refractivity contribution in [3.05, 3.63) is 181 Å². The van der Waals surface area contributed by atoms with Gasteiger partial charge in [0.1, 0.15) is 17.0 Å².